The molecule has 1 amide bonds. The highest BCUT2D eigenvalue weighted by atomic mass is 32.2. The van der Waals surface area contributed by atoms with Crippen LogP contribution in [0.2, 0.25) is 0 Å². The fourth-order valence-corrected chi connectivity index (χ4v) is 4.15. The molecule has 0 spiro atoms. The van der Waals surface area contributed by atoms with Crippen LogP contribution in [0.1, 0.15) is 44.3 Å². The van der Waals surface area contributed by atoms with Gasteiger partial charge in [0, 0.05) is 25.6 Å². The summed E-state index contributed by atoms with van der Waals surface area (Å²) in [7, 11) is -1.92. The summed E-state index contributed by atoms with van der Waals surface area (Å²) in [6, 6.07) is 0.920. The van der Waals surface area contributed by atoms with Gasteiger partial charge in [-0.25, -0.2) is 8.42 Å². The molecule has 1 atom stereocenters. The smallest absolute Gasteiger partial charge is 0.246 e. The Hall–Kier alpha value is -2.27. The lowest BCUT2D eigenvalue weighted by Gasteiger charge is -2.36. The number of piperidine rings is 1. The molecule has 1 saturated heterocycles. The number of hydrogen-bond donors (Lipinski definition) is 0. The van der Waals surface area contributed by atoms with E-state index in [-0.39, 0.29) is 24.2 Å². The van der Waals surface area contributed by atoms with E-state index in [2.05, 4.69) is 15.2 Å². The van der Waals surface area contributed by atoms with Gasteiger partial charge >= 0.3 is 0 Å². The Morgan fingerprint density at radius 3 is 2.70 bits per heavy atom. The van der Waals surface area contributed by atoms with Gasteiger partial charge in [-0.05, 0) is 12.8 Å². The van der Waals surface area contributed by atoms with E-state index >= 15 is 0 Å². The molecule has 11 heteroatoms. The zero-order chi connectivity index (χ0) is 19.8. The highest BCUT2D eigenvalue weighted by Crippen LogP contribution is 2.26. The van der Waals surface area contributed by atoms with E-state index < -0.39 is 16.1 Å². The third-order valence-corrected chi connectivity index (χ3v) is 5.77. The largest absolute Gasteiger partial charge is 0.339 e. The van der Waals surface area contributed by atoms with Crippen LogP contribution in [0, 0.1) is 0 Å². The van der Waals surface area contributed by atoms with Crippen LogP contribution in [0.15, 0.2) is 16.8 Å². The summed E-state index contributed by atoms with van der Waals surface area (Å²) in [5.41, 5.74) is 0. The molecule has 1 fully saturated rings. The molecule has 1 aliphatic heterocycles. The van der Waals surface area contributed by atoms with Crippen LogP contribution in [-0.2, 0) is 28.4 Å². The molecule has 0 aliphatic carbocycles. The third kappa shape index (κ3) is 4.03. The zero-order valence-electron chi connectivity index (χ0n) is 15.9. The summed E-state index contributed by atoms with van der Waals surface area (Å²) < 4.78 is 32.8. The summed E-state index contributed by atoms with van der Waals surface area (Å²) in [6.07, 6.45) is 3.81. The van der Waals surface area contributed by atoms with Crippen molar-refractivity contribution in [2.45, 2.75) is 45.2 Å². The number of anilines is 1. The van der Waals surface area contributed by atoms with Gasteiger partial charge in [-0.3, -0.25) is 14.4 Å². The third-order valence-electron chi connectivity index (χ3n) is 4.53. The number of amides is 1. The average molecular weight is 396 g/mol. The van der Waals surface area contributed by atoms with E-state index in [1.165, 1.54) is 0 Å². The maximum Gasteiger partial charge on any atom is 0.246 e. The number of nitrogens with zero attached hydrogens (tertiary/aromatic N) is 6. The maximum atomic E-state index is 13.1. The van der Waals surface area contributed by atoms with Crippen molar-refractivity contribution >= 4 is 21.7 Å². The van der Waals surface area contributed by atoms with Crippen molar-refractivity contribution in [1.82, 2.24) is 24.2 Å². The van der Waals surface area contributed by atoms with Gasteiger partial charge in [0.15, 0.2) is 5.82 Å². The summed E-state index contributed by atoms with van der Waals surface area (Å²) >= 11 is 0. The van der Waals surface area contributed by atoms with Gasteiger partial charge in [0.25, 0.3) is 0 Å². The summed E-state index contributed by atoms with van der Waals surface area (Å²) in [4.78, 5) is 18.9. The molecular formula is C16H24N6O4S. The summed E-state index contributed by atoms with van der Waals surface area (Å²) in [6.45, 7) is 4.22. The van der Waals surface area contributed by atoms with E-state index in [0.29, 0.717) is 31.1 Å². The van der Waals surface area contributed by atoms with Gasteiger partial charge in [0.2, 0.25) is 21.8 Å². The second kappa shape index (κ2) is 7.39. The normalized spacial score (nSPS) is 18.7. The lowest BCUT2D eigenvalue weighted by Crippen LogP contribution is -2.54. The first kappa shape index (κ1) is 19.5. The lowest BCUT2D eigenvalue weighted by molar-refractivity contribution is -0.123. The van der Waals surface area contributed by atoms with Crippen LogP contribution >= 0.6 is 0 Å². The minimum Gasteiger partial charge on any atom is -0.339 e. The van der Waals surface area contributed by atoms with Crippen molar-refractivity contribution in [1.29, 1.82) is 0 Å². The highest BCUT2D eigenvalue weighted by Gasteiger charge is 2.39. The van der Waals surface area contributed by atoms with Crippen LogP contribution in [0.25, 0.3) is 0 Å². The second-order valence-electron chi connectivity index (χ2n) is 6.97. The predicted octanol–water partition coefficient (Wildman–Crippen LogP) is 0.884. The highest BCUT2D eigenvalue weighted by molar-refractivity contribution is 7.88. The van der Waals surface area contributed by atoms with E-state index in [4.69, 9.17) is 4.52 Å². The molecule has 0 unspecified atom stereocenters. The summed E-state index contributed by atoms with van der Waals surface area (Å²) in [5.74, 6) is 1.08. The fraction of sp³-hybridized carbons (Fsp3) is 0.625. The van der Waals surface area contributed by atoms with Crippen molar-refractivity contribution in [2.24, 2.45) is 7.05 Å². The van der Waals surface area contributed by atoms with Crippen molar-refractivity contribution in [3.05, 3.63) is 24.0 Å². The number of aromatic nitrogens is 4. The Labute approximate surface area is 158 Å². The van der Waals surface area contributed by atoms with Crippen molar-refractivity contribution in [3.8, 4) is 0 Å². The van der Waals surface area contributed by atoms with Crippen LogP contribution in [0.3, 0.4) is 0 Å². The Morgan fingerprint density at radius 1 is 1.41 bits per heavy atom. The average Bonchev–Trinajstić information content (AvgIpc) is 3.21. The quantitative estimate of drug-likeness (QED) is 0.712. The second-order valence-corrected chi connectivity index (χ2v) is 8.91. The molecule has 0 bridgehead atoms. The molecule has 148 valence electrons. The SMILES string of the molecule is CC(C)c1nc(CN([C@H]2CCCN(c3ccnn3C)C2=O)S(C)(=O)=O)no1. The van der Waals surface area contributed by atoms with Gasteiger partial charge < -0.3 is 4.52 Å². The molecule has 0 aromatic carbocycles. The Balaban J connectivity index is 1.88. The Bertz CT molecular complexity index is 919. The standard InChI is InChI=1S/C16H24N6O4S/c1-11(2)15-18-13(19-26-15)10-22(27(4,24)25)12-6-5-9-21(16(12)23)14-7-8-17-20(14)3/h7-8,11-12H,5-6,9-10H2,1-4H3/t12-/m0/s1. The number of aryl methyl sites for hydroxylation is 1. The number of carbonyl (C=O) groups is 1. The minimum absolute atomic E-state index is 0.0366. The molecular weight excluding hydrogens is 372 g/mol. The topological polar surface area (TPSA) is 114 Å². The first-order chi connectivity index (χ1) is 12.7. The molecule has 0 N–H and O–H groups in total. The molecule has 2 aromatic rings. The van der Waals surface area contributed by atoms with Crippen LogP contribution in [0.4, 0.5) is 5.82 Å². The molecule has 0 radical (unpaired) electrons. The number of hydrogen-bond acceptors (Lipinski definition) is 7. The molecule has 27 heavy (non-hydrogen) atoms. The van der Waals surface area contributed by atoms with Gasteiger partial charge in [-0.15, -0.1) is 0 Å². The van der Waals surface area contributed by atoms with Crippen LogP contribution < -0.4 is 4.90 Å². The van der Waals surface area contributed by atoms with E-state index in [1.807, 2.05) is 13.8 Å². The van der Waals surface area contributed by atoms with Gasteiger partial charge in [0.05, 0.1) is 19.0 Å². The zero-order valence-corrected chi connectivity index (χ0v) is 16.7. The van der Waals surface area contributed by atoms with Gasteiger partial charge in [0.1, 0.15) is 11.9 Å². The summed E-state index contributed by atoms with van der Waals surface area (Å²) in [5, 5.41) is 7.95. The molecule has 3 rings (SSSR count). The van der Waals surface area contributed by atoms with Crippen molar-refractivity contribution in [3.63, 3.8) is 0 Å². The Kier molecular flexibility index (Phi) is 5.33. The molecule has 1 aliphatic rings. The molecule has 2 aromatic heterocycles. The number of carbonyl (C=O) groups excluding carboxylic acids is 1. The lowest BCUT2D eigenvalue weighted by atomic mass is 10.0. The van der Waals surface area contributed by atoms with Crippen LogP contribution in [-0.4, -0.2) is 57.4 Å². The van der Waals surface area contributed by atoms with Crippen molar-refractivity contribution < 1.29 is 17.7 Å². The van der Waals surface area contributed by atoms with Crippen LogP contribution in [0.5, 0.6) is 0 Å². The van der Waals surface area contributed by atoms with E-state index in [9.17, 15) is 13.2 Å². The fourth-order valence-electron chi connectivity index (χ4n) is 3.15. The van der Waals surface area contributed by atoms with Gasteiger partial charge in [-0.1, -0.05) is 19.0 Å². The molecule has 3 heterocycles. The van der Waals surface area contributed by atoms with Gasteiger partial charge in [-0.2, -0.15) is 14.4 Å². The molecule has 0 saturated carbocycles. The van der Waals surface area contributed by atoms with E-state index in [0.717, 1.165) is 10.6 Å². The maximum absolute atomic E-state index is 13.1. The first-order valence-corrected chi connectivity index (χ1v) is 10.6. The Morgan fingerprint density at radius 2 is 2.15 bits per heavy atom. The predicted molar refractivity (Wildman–Crippen MR) is 97.4 cm³/mol. The number of rotatable bonds is 6. The number of sulfonamides is 1. The molecule has 10 nitrogen and oxygen atoms in total. The van der Waals surface area contributed by atoms with Crippen molar-refractivity contribution in [2.75, 3.05) is 17.7 Å². The van der Waals surface area contributed by atoms with E-state index in [1.54, 1.807) is 28.9 Å². The minimum atomic E-state index is -3.67. The monoisotopic (exact) mass is 396 g/mol. The first-order valence-electron chi connectivity index (χ1n) is 8.77.